The SMILES string of the molecule is C[C@H]1[C@@H](O[Si](C)(C)C(C)(C)C)[C@H](n2cnc3c(N)ncnc32)O[C@@H]1COS(=O)(=O)NC(=O)C#C[C@]1(O)c2ccccc2[C@@H](C)C1(F)F. The Morgan fingerprint density at radius 1 is 1.21 bits per heavy atom. The molecule has 2 aromatic heterocycles. The number of nitrogens with one attached hydrogen (secondary N) is 1. The summed E-state index contributed by atoms with van der Waals surface area (Å²) >= 11 is 0. The number of fused-ring (bicyclic) bond motifs is 2. The van der Waals surface area contributed by atoms with E-state index in [2.05, 4.69) is 48.8 Å². The predicted octanol–water partition coefficient (Wildman–Crippen LogP) is 3.35. The number of carbonyl (C=O) groups is 1. The summed E-state index contributed by atoms with van der Waals surface area (Å²) in [5, 5.41) is 10.7. The van der Waals surface area contributed by atoms with Gasteiger partial charge in [-0.15, -0.1) is 0 Å². The van der Waals surface area contributed by atoms with E-state index < -0.39 is 72.9 Å². The van der Waals surface area contributed by atoms with Crippen molar-refractivity contribution in [3.05, 3.63) is 48.0 Å². The minimum Gasteiger partial charge on any atom is -0.409 e. The van der Waals surface area contributed by atoms with Crippen LogP contribution in [0.3, 0.4) is 0 Å². The molecule has 1 amide bonds. The van der Waals surface area contributed by atoms with Gasteiger partial charge in [-0.25, -0.2) is 28.5 Å². The van der Waals surface area contributed by atoms with Crippen LogP contribution in [-0.2, 0) is 34.0 Å². The molecule has 47 heavy (non-hydrogen) atoms. The van der Waals surface area contributed by atoms with Crippen LogP contribution in [0.1, 0.15) is 57.9 Å². The lowest BCUT2D eigenvalue weighted by Crippen LogP contribution is -2.47. The summed E-state index contributed by atoms with van der Waals surface area (Å²) in [6.45, 7) is 12.9. The van der Waals surface area contributed by atoms with Crippen LogP contribution < -0.4 is 10.5 Å². The molecule has 1 saturated heterocycles. The number of hydrogen-bond donors (Lipinski definition) is 3. The quantitative estimate of drug-likeness (QED) is 0.244. The first kappa shape index (κ1) is 34.8. The molecule has 2 aliphatic rings. The van der Waals surface area contributed by atoms with Gasteiger partial charge >= 0.3 is 16.2 Å². The zero-order chi connectivity index (χ0) is 34.7. The Hall–Kier alpha value is -3.53. The number of rotatable bonds is 7. The van der Waals surface area contributed by atoms with Crippen molar-refractivity contribution in [2.24, 2.45) is 5.92 Å². The third kappa shape index (κ3) is 6.14. The van der Waals surface area contributed by atoms with E-state index in [1.54, 1.807) is 21.3 Å². The second kappa shape index (κ2) is 11.9. The maximum atomic E-state index is 15.1. The van der Waals surface area contributed by atoms with Crippen molar-refractivity contribution in [3.8, 4) is 11.8 Å². The molecule has 4 N–H and O–H groups in total. The van der Waals surface area contributed by atoms with Gasteiger partial charge in [-0.2, -0.15) is 8.42 Å². The number of nitrogens with zero attached hydrogens (tertiary/aromatic N) is 4. The van der Waals surface area contributed by atoms with Gasteiger partial charge < -0.3 is 20.0 Å². The van der Waals surface area contributed by atoms with Gasteiger partial charge in [-0.1, -0.05) is 58.9 Å². The highest BCUT2D eigenvalue weighted by Crippen LogP contribution is 2.54. The lowest BCUT2D eigenvalue weighted by atomic mass is 9.92. The van der Waals surface area contributed by atoms with E-state index in [9.17, 15) is 18.3 Å². The van der Waals surface area contributed by atoms with Crippen molar-refractivity contribution in [1.82, 2.24) is 24.2 Å². The summed E-state index contributed by atoms with van der Waals surface area (Å²) in [5.74, 6) is -3.14. The van der Waals surface area contributed by atoms with Crippen LogP contribution in [0.25, 0.3) is 11.2 Å². The van der Waals surface area contributed by atoms with Crippen LogP contribution in [0.2, 0.25) is 18.1 Å². The number of nitrogens with two attached hydrogens (primary N) is 1. The Bertz CT molecular complexity index is 1870. The van der Waals surface area contributed by atoms with Crippen LogP contribution in [0.15, 0.2) is 36.9 Å². The average molecular weight is 693 g/mol. The second-order valence-corrected chi connectivity index (χ2v) is 19.5. The third-order valence-corrected chi connectivity index (χ3v) is 14.8. The molecule has 0 unspecified atom stereocenters. The number of anilines is 1. The lowest BCUT2D eigenvalue weighted by molar-refractivity contribution is -0.153. The number of nitrogen functional groups attached to an aromatic ring is 1. The summed E-state index contributed by atoms with van der Waals surface area (Å²) in [5.41, 5.74) is 3.75. The number of carbonyl (C=O) groups excluding carboxylic acids is 1. The molecular weight excluding hydrogens is 655 g/mol. The van der Waals surface area contributed by atoms with Crippen molar-refractivity contribution >= 4 is 41.5 Å². The molecule has 5 rings (SSSR count). The molecule has 254 valence electrons. The van der Waals surface area contributed by atoms with Gasteiger partial charge in [0.25, 0.3) is 5.92 Å². The summed E-state index contributed by atoms with van der Waals surface area (Å²) in [6, 6.07) is 5.71. The van der Waals surface area contributed by atoms with Crippen molar-refractivity contribution in [2.45, 2.75) is 88.6 Å². The standard InChI is InChI=1S/C30H38F2N6O7SSi/c1-17-21(44-27(24(17)45-47(6,7)28(3,4)5)38-16-36-23-25(33)34-15-35-26(23)38)14-43-46(41,42)37-22(39)12-13-29(40)20-11-9-8-10-19(20)18(2)30(29,31)32/h8-11,15-18,21,24,27,40H,14H2,1-7H3,(H,37,39)(H2,33,34,35)/t17-,18-,21-,24-,27-,29+/m1/s1. The minimum atomic E-state index is -4.78. The van der Waals surface area contributed by atoms with E-state index in [1.807, 2.05) is 12.8 Å². The van der Waals surface area contributed by atoms with Crippen molar-refractivity contribution in [3.63, 3.8) is 0 Å². The predicted molar refractivity (Wildman–Crippen MR) is 169 cm³/mol. The molecule has 13 nitrogen and oxygen atoms in total. The van der Waals surface area contributed by atoms with E-state index in [0.717, 1.165) is 0 Å². The average Bonchev–Trinajstić information content (AvgIpc) is 3.58. The second-order valence-electron chi connectivity index (χ2n) is 13.4. The molecule has 0 bridgehead atoms. The van der Waals surface area contributed by atoms with Crippen LogP contribution in [-0.4, -0.2) is 72.0 Å². The molecule has 0 radical (unpaired) electrons. The summed E-state index contributed by atoms with van der Waals surface area (Å²) in [6.07, 6.45) is 0.562. The number of aromatic nitrogens is 4. The van der Waals surface area contributed by atoms with E-state index >= 15 is 8.78 Å². The van der Waals surface area contributed by atoms with E-state index in [-0.39, 0.29) is 22.0 Å². The zero-order valence-corrected chi connectivity index (χ0v) is 28.8. The molecule has 3 heterocycles. The minimum absolute atomic E-state index is 0.159. The number of hydrogen-bond acceptors (Lipinski definition) is 11. The van der Waals surface area contributed by atoms with E-state index in [4.69, 9.17) is 19.1 Å². The van der Waals surface area contributed by atoms with Gasteiger partial charge in [-0.3, -0.25) is 13.5 Å². The first-order valence-corrected chi connectivity index (χ1v) is 19.2. The normalized spacial score (nSPS) is 27.3. The molecule has 1 aromatic carbocycles. The number of benzene rings is 1. The Morgan fingerprint density at radius 3 is 2.57 bits per heavy atom. The zero-order valence-electron chi connectivity index (χ0n) is 27.0. The number of alkyl halides is 2. The van der Waals surface area contributed by atoms with Gasteiger partial charge in [0.15, 0.2) is 26.0 Å². The highest BCUT2D eigenvalue weighted by molar-refractivity contribution is 7.85. The first-order valence-electron chi connectivity index (χ1n) is 14.9. The molecule has 1 aliphatic heterocycles. The molecule has 0 saturated carbocycles. The van der Waals surface area contributed by atoms with Crippen LogP contribution in [0.5, 0.6) is 0 Å². The van der Waals surface area contributed by atoms with Crippen LogP contribution >= 0.6 is 0 Å². The van der Waals surface area contributed by atoms with Gasteiger partial charge in [-0.05, 0) is 35.5 Å². The number of aliphatic hydroxyl groups is 1. The Balaban J connectivity index is 1.33. The fourth-order valence-corrected chi connectivity index (χ4v) is 7.54. The molecule has 0 spiro atoms. The molecular formula is C30H38F2N6O7SSi. The van der Waals surface area contributed by atoms with E-state index in [0.29, 0.717) is 11.2 Å². The number of ether oxygens (including phenoxy) is 1. The Morgan fingerprint density at radius 2 is 1.89 bits per heavy atom. The molecule has 1 fully saturated rings. The third-order valence-electron chi connectivity index (χ3n) is 9.40. The fourth-order valence-electron chi connectivity index (χ4n) is 5.52. The fraction of sp³-hybridized carbons (Fsp3) is 0.533. The summed E-state index contributed by atoms with van der Waals surface area (Å²) in [4.78, 5) is 25.1. The van der Waals surface area contributed by atoms with Crippen molar-refractivity contribution < 1.29 is 40.4 Å². The smallest absolute Gasteiger partial charge is 0.363 e. The molecule has 3 aromatic rings. The van der Waals surface area contributed by atoms with Gasteiger partial charge in [0, 0.05) is 17.4 Å². The van der Waals surface area contributed by atoms with Gasteiger partial charge in [0.1, 0.15) is 11.8 Å². The van der Waals surface area contributed by atoms with E-state index in [1.165, 1.54) is 37.8 Å². The van der Waals surface area contributed by atoms with Crippen LogP contribution in [0, 0.1) is 17.8 Å². The maximum absolute atomic E-state index is 15.1. The monoisotopic (exact) mass is 692 g/mol. The maximum Gasteiger partial charge on any atom is 0.363 e. The largest absolute Gasteiger partial charge is 0.409 e. The van der Waals surface area contributed by atoms with Gasteiger partial charge in [0.2, 0.25) is 5.60 Å². The van der Waals surface area contributed by atoms with Crippen molar-refractivity contribution in [1.29, 1.82) is 0 Å². The molecule has 17 heteroatoms. The highest BCUT2D eigenvalue weighted by Gasteiger charge is 2.63. The molecule has 1 aliphatic carbocycles. The van der Waals surface area contributed by atoms with Gasteiger partial charge in [0.05, 0.1) is 25.1 Å². The highest BCUT2D eigenvalue weighted by atomic mass is 32.2. The van der Waals surface area contributed by atoms with Crippen molar-refractivity contribution in [2.75, 3.05) is 12.3 Å². The van der Waals surface area contributed by atoms with Crippen LogP contribution in [0.4, 0.5) is 14.6 Å². The molecule has 6 atom stereocenters. The Kier molecular flexibility index (Phi) is 8.78. The number of amides is 1. The number of imidazole rings is 1. The lowest BCUT2D eigenvalue weighted by Gasteiger charge is -2.40. The number of halogens is 2. The summed E-state index contributed by atoms with van der Waals surface area (Å²) in [7, 11) is -7.18. The topological polar surface area (TPSA) is 181 Å². The Labute approximate surface area is 272 Å². The first-order chi connectivity index (χ1) is 21.7. The summed E-state index contributed by atoms with van der Waals surface area (Å²) < 4.78 is 77.1.